The SMILES string of the molecule is CC(C)[C@H](CC(=O)CCCCCN1C(=O)C=C(Br)C1=O)C(=O)N[C@@H](C)C(=O)Cc1ccc(COC(=O)O)cc1. The van der Waals surface area contributed by atoms with Crippen LogP contribution in [-0.4, -0.2) is 58.0 Å². The maximum atomic E-state index is 12.9. The van der Waals surface area contributed by atoms with Gasteiger partial charge in [-0.15, -0.1) is 0 Å². The lowest BCUT2D eigenvalue weighted by atomic mass is 9.88. The number of imide groups is 1. The van der Waals surface area contributed by atoms with Gasteiger partial charge in [0.25, 0.3) is 11.8 Å². The van der Waals surface area contributed by atoms with Crippen LogP contribution in [0.5, 0.6) is 0 Å². The van der Waals surface area contributed by atoms with Crippen LogP contribution in [0.4, 0.5) is 4.79 Å². The number of halogens is 1. The van der Waals surface area contributed by atoms with Gasteiger partial charge in [-0.2, -0.15) is 0 Å². The number of carbonyl (C=O) groups excluding carboxylic acids is 5. The van der Waals surface area contributed by atoms with Crippen molar-refractivity contribution in [2.75, 3.05) is 6.54 Å². The molecular weight excluding hydrogens is 572 g/mol. The van der Waals surface area contributed by atoms with Crippen LogP contribution in [0.15, 0.2) is 34.8 Å². The number of nitrogens with one attached hydrogen (secondary N) is 1. The number of hydrogen-bond donors (Lipinski definition) is 2. The van der Waals surface area contributed by atoms with Crippen LogP contribution in [-0.2, 0) is 41.7 Å². The number of carboxylic acid groups (broad SMARTS) is 1. The van der Waals surface area contributed by atoms with E-state index in [0.29, 0.717) is 37.8 Å². The van der Waals surface area contributed by atoms with E-state index >= 15 is 0 Å². The lowest BCUT2D eigenvalue weighted by Crippen LogP contribution is -2.44. The Balaban J connectivity index is 1.75. The molecule has 0 saturated heterocycles. The highest BCUT2D eigenvalue weighted by molar-refractivity contribution is 9.12. The third-order valence-electron chi connectivity index (χ3n) is 6.50. The van der Waals surface area contributed by atoms with Crippen molar-refractivity contribution in [3.8, 4) is 0 Å². The average molecular weight is 607 g/mol. The standard InChI is InChI=1S/C28H35BrN2O8/c1-17(2)22(14-21(32)7-5-4-6-12-31-25(34)15-23(29)27(31)36)26(35)30-18(3)24(33)13-19-8-10-20(11-9-19)16-39-28(37)38/h8-11,15,17-18,22H,4-7,12-14,16H2,1-3H3,(H,30,35)(H,37,38)/t18-,22-/m0/s1. The maximum absolute atomic E-state index is 12.9. The molecular formula is C28H35BrN2O8. The molecule has 2 N–H and O–H groups in total. The molecule has 1 aromatic carbocycles. The molecule has 39 heavy (non-hydrogen) atoms. The second-order valence-electron chi connectivity index (χ2n) is 9.94. The molecule has 0 radical (unpaired) electrons. The van der Waals surface area contributed by atoms with Gasteiger partial charge in [-0.1, -0.05) is 44.5 Å². The predicted molar refractivity (Wildman–Crippen MR) is 146 cm³/mol. The second-order valence-corrected chi connectivity index (χ2v) is 10.8. The van der Waals surface area contributed by atoms with Crippen molar-refractivity contribution in [1.82, 2.24) is 10.2 Å². The van der Waals surface area contributed by atoms with E-state index in [0.717, 1.165) is 5.56 Å². The van der Waals surface area contributed by atoms with Gasteiger partial charge in [0.05, 0.1) is 10.5 Å². The first-order valence-electron chi connectivity index (χ1n) is 12.9. The van der Waals surface area contributed by atoms with Crippen molar-refractivity contribution in [2.24, 2.45) is 11.8 Å². The minimum absolute atomic E-state index is 0.0486. The molecule has 11 heteroatoms. The minimum atomic E-state index is -1.36. The second kappa shape index (κ2) is 15.3. The quantitative estimate of drug-likeness (QED) is 0.163. The Morgan fingerprint density at radius 1 is 1.00 bits per heavy atom. The lowest BCUT2D eigenvalue weighted by molar-refractivity contribution is -0.137. The van der Waals surface area contributed by atoms with Crippen molar-refractivity contribution in [2.45, 2.75) is 71.9 Å². The van der Waals surface area contributed by atoms with Gasteiger partial charge in [0.2, 0.25) is 5.91 Å². The summed E-state index contributed by atoms with van der Waals surface area (Å²) in [6.07, 6.45) is 2.19. The number of benzene rings is 1. The fourth-order valence-corrected chi connectivity index (χ4v) is 4.50. The number of hydrogen-bond acceptors (Lipinski definition) is 7. The van der Waals surface area contributed by atoms with Gasteiger partial charge in [-0.05, 0) is 52.7 Å². The van der Waals surface area contributed by atoms with Crippen LogP contribution in [0.1, 0.15) is 64.0 Å². The molecule has 2 atom stereocenters. The Hall–Kier alpha value is -3.34. The zero-order valence-corrected chi connectivity index (χ0v) is 24.0. The van der Waals surface area contributed by atoms with Crippen LogP contribution in [0.2, 0.25) is 0 Å². The van der Waals surface area contributed by atoms with Gasteiger partial charge < -0.3 is 15.2 Å². The Morgan fingerprint density at radius 2 is 1.64 bits per heavy atom. The molecule has 3 amide bonds. The van der Waals surface area contributed by atoms with Crippen LogP contribution in [0.25, 0.3) is 0 Å². The summed E-state index contributed by atoms with van der Waals surface area (Å²) in [5.74, 6) is -1.95. The van der Waals surface area contributed by atoms with E-state index in [-0.39, 0.29) is 59.1 Å². The van der Waals surface area contributed by atoms with Crippen molar-refractivity contribution >= 4 is 51.4 Å². The van der Waals surface area contributed by atoms with Gasteiger partial charge in [0.1, 0.15) is 12.4 Å². The van der Waals surface area contributed by atoms with Gasteiger partial charge in [0.15, 0.2) is 5.78 Å². The van der Waals surface area contributed by atoms with Crippen LogP contribution in [0, 0.1) is 11.8 Å². The Bertz CT molecular complexity index is 1110. The molecule has 0 unspecified atom stereocenters. The maximum Gasteiger partial charge on any atom is 0.506 e. The number of nitrogens with zero attached hydrogens (tertiary/aromatic N) is 1. The predicted octanol–water partition coefficient (Wildman–Crippen LogP) is 3.94. The van der Waals surface area contributed by atoms with E-state index in [2.05, 4.69) is 26.0 Å². The normalized spacial score (nSPS) is 14.7. The fourth-order valence-electron chi connectivity index (χ4n) is 4.09. The van der Waals surface area contributed by atoms with Crippen LogP contribution >= 0.6 is 15.9 Å². The molecule has 0 spiro atoms. The first-order valence-corrected chi connectivity index (χ1v) is 13.7. The van der Waals surface area contributed by atoms with Gasteiger partial charge in [0, 0.05) is 37.8 Å². The van der Waals surface area contributed by atoms with Crippen molar-refractivity contribution in [3.63, 3.8) is 0 Å². The molecule has 2 rings (SSSR count). The van der Waals surface area contributed by atoms with Crippen molar-refractivity contribution in [1.29, 1.82) is 0 Å². The minimum Gasteiger partial charge on any atom is -0.450 e. The smallest absolute Gasteiger partial charge is 0.450 e. The van der Waals surface area contributed by atoms with E-state index in [1.54, 1.807) is 31.2 Å². The summed E-state index contributed by atoms with van der Waals surface area (Å²) in [4.78, 5) is 73.4. The first-order chi connectivity index (χ1) is 18.4. The molecule has 212 valence electrons. The molecule has 0 fully saturated rings. The highest BCUT2D eigenvalue weighted by Gasteiger charge is 2.29. The van der Waals surface area contributed by atoms with Crippen LogP contribution < -0.4 is 5.32 Å². The molecule has 1 aliphatic rings. The third kappa shape index (κ3) is 10.4. The first kappa shape index (κ1) is 31.9. The van der Waals surface area contributed by atoms with E-state index in [9.17, 15) is 28.8 Å². The number of amides is 3. The Labute approximate surface area is 236 Å². The highest BCUT2D eigenvalue weighted by atomic mass is 79.9. The van der Waals surface area contributed by atoms with E-state index in [1.807, 2.05) is 13.8 Å². The summed E-state index contributed by atoms with van der Waals surface area (Å²) in [6.45, 7) is 5.54. The molecule has 10 nitrogen and oxygen atoms in total. The summed E-state index contributed by atoms with van der Waals surface area (Å²) < 4.78 is 4.76. The van der Waals surface area contributed by atoms with Gasteiger partial charge >= 0.3 is 6.16 Å². The summed E-state index contributed by atoms with van der Waals surface area (Å²) in [6, 6.07) is 6.03. The van der Waals surface area contributed by atoms with E-state index in [1.165, 1.54) is 11.0 Å². The van der Waals surface area contributed by atoms with Gasteiger partial charge in [-0.3, -0.25) is 28.9 Å². The summed E-state index contributed by atoms with van der Waals surface area (Å²) in [7, 11) is 0. The van der Waals surface area contributed by atoms with Gasteiger partial charge in [-0.25, -0.2) is 4.79 Å². The zero-order valence-electron chi connectivity index (χ0n) is 22.4. The number of rotatable bonds is 16. The molecule has 0 aromatic heterocycles. The number of carbonyl (C=O) groups is 6. The summed E-state index contributed by atoms with van der Waals surface area (Å²) >= 11 is 3.05. The Morgan fingerprint density at radius 3 is 2.21 bits per heavy atom. The molecule has 1 aromatic rings. The van der Waals surface area contributed by atoms with Crippen molar-refractivity contribution < 1.29 is 38.6 Å². The third-order valence-corrected chi connectivity index (χ3v) is 7.07. The zero-order chi connectivity index (χ0) is 29.1. The summed E-state index contributed by atoms with van der Waals surface area (Å²) in [5.41, 5.74) is 1.37. The topological polar surface area (TPSA) is 147 Å². The van der Waals surface area contributed by atoms with E-state index < -0.39 is 18.1 Å². The largest absolute Gasteiger partial charge is 0.506 e. The lowest BCUT2D eigenvalue weighted by Gasteiger charge is -2.22. The van der Waals surface area contributed by atoms with Crippen molar-refractivity contribution in [3.05, 3.63) is 46.0 Å². The number of Topliss-reactive ketones (excluding diaryl/α,β-unsaturated/α-hetero) is 2. The summed E-state index contributed by atoms with van der Waals surface area (Å²) in [5, 5.41) is 11.3. The molecule has 1 aliphatic heterocycles. The average Bonchev–Trinajstić information content (AvgIpc) is 3.11. The number of ether oxygens (including phenoxy) is 1. The van der Waals surface area contributed by atoms with Crippen LogP contribution in [0.3, 0.4) is 0 Å². The molecule has 0 aliphatic carbocycles. The molecule has 0 saturated carbocycles. The number of unbranched alkanes of at least 4 members (excludes halogenated alkanes) is 2. The number of ketones is 2. The molecule has 0 bridgehead atoms. The fraction of sp³-hybridized carbons (Fsp3) is 0.500. The van der Waals surface area contributed by atoms with E-state index in [4.69, 9.17) is 5.11 Å². The monoisotopic (exact) mass is 606 g/mol. The highest BCUT2D eigenvalue weighted by Crippen LogP contribution is 2.20. The molecule has 1 heterocycles. The Kier molecular flexibility index (Phi) is 12.5.